The first-order chi connectivity index (χ1) is 20.0. The molecule has 1 N–H and O–H groups in total. The standard InChI is InChI=1S/C33H40FN3O4S/c1-23-13-19-30(20-14-23)42(40,41)37(31-12-8-9-24(2)25(31)3)22-32(38)36(21-27-15-17-28(34)18-16-27)26(4)33(39)35-29-10-6-5-7-11-29/h8-9,12-20,26,29H,5-7,10-11,21-22H2,1-4H3,(H,35,39)/t26-/m0/s1. The van der Waals surface area contributed by atoms with Crippen LogP contribution in [0.15, 0.2) is 71.6 Å². The zero-order valence-corrected chi connectivity index (χ0v) is 25.6. The molecule has 0 unspecified atom stereocenters. The van der Waals surface area contributed by atoms with E-state index in [4.69, 9.17) is 0 Å². The minimum atomic E-state index is -4.15. The summed E-state index contributed by atoms with van der Waals surface area (Å²) < 4.78 is 42.9. The molecule has 2 amide bonds. The Morgan fingerprint density at radius 3 is 2.21 bits per heavy atom. The minimum Gasteiger partial charge on any atom is -0.352 e. The van der Waals surface area contributed by atoms with Gasteiger partial charge < -0.3 is 10.2 Å². The third kappa shape index (κ3) is 7.37. The number of anilines is 1. The van der Waals surface area contributed by atoms with Gasteiger partial charge in [0.1, 0.15) is 18.4 Å². The molecule has 1 saturated carbocycles. The summed E-state index contributed by atoms with van der Waals surface area (Å²) in [7, 11) is -4.15. The summed E-state index contributed by atoms with van der Waals surface area (Å²) in [6.45, 7) is 6.73. The van der Waals surface area contributed by atoms with Gasteiger partial charge in [-0.2, -0.15) is 0 Å². The number of rotatable bonds is 10. The van der Waals surface area contributed by atoms with E-state index in [0.717, 1.165) is 53.1 Å². The highest BCUT2D eigenvalue weighted by Crippen LogP contribution is 2.29. The van der Waals surface area contributed by atoms with E-state index in [1.165, 1.54) is 29.2 Å². The van der Waals surface area contributed by atoms with Gasteiger partial charge >= 0.3 is 0 Å². The van der Waals surface area contributed by atoms with E-state index in [1.54, 1.807) is 43.3 Å². The van der Waals surface area contributed by atoms with E-state index in [9.17, 15) is 22.4 Å². The van der Waals surface area contributed by atoms with Gasteiger partial charge in [0.15, 0.2) is 0 Å². The largest absolute Gasteiger partial charge is 0.352 e. The van der Waals surface area contributed by atoms with Gasteiger partial charge in [-0.15, -0.1) is 0 Å². The summed E-state index contributed by atoms with van der Waals surface area (Å²) in [5.74, 6) is -1.25. The molecule has 1 fully saturated rings. The second-order valence-electron chi connectivity index (χ2n) is 11.2. The highest BCUT2D eigenvalue weighted by atomic mass is 32.2. The van der Waals surface area contributed by atoms with Gasteiger partial charge in [0, 0.05) is 12.6 Å². The molecule has 0 saturated heterocycles. The van der Waals surface area contributed by atoms with Gasteiger partial charge in [0.05, 0.1) is 10.6 Å². The lowest BCUT2D eigenvalue weighted by atomic mass is 9.95. The lowest BCUT2D eigenvalue weighted by Crippen LogP contribution is -2.53. The Kier molecular flexibility index (Phi) is 10.0. The van der Waals surface area contributed by atoms with Crippen LogP contribution in [0.5, 0.6) is 0 Å². The van der Waals surface area contributed by atoms with Crippen LogP contribution in [0.1, 0.15) is 61.3 Å². The number of nitrogens with zero attached hydrogens (tertiary/aromatic N) is 2. The fourth-order valence-electron chi connectivity index (χ4n) is 5.29. The topological polar surface area (TPSA) is 86.8 Å². The van der Waals surface area contributed by atoms with Crippen molar-refractivity contribution in [2.75, 3.05) is 10.8 Å². The van der Waals surface area contributed by atoms with Crippen LogP contribution < -0.4 is 9.62 Å². The first kappa shape index (κ1) is 31.2. The quantitative estimate of drug-likeness (QED) is 0.321. The predicted molar refractivity (Wildman–Crippen MR) is 163 cm³/mol. The summed E-state index contributed by atoms with van der Waals surface area (Å²) in [5, 5.41) is 3.09. The summed E-state index contributed by atoms with van der Waals surface area (Å²) in [6, 6.07) is 16.7. The predicted octanol–water partition coefficient (Wildman–Crippen LogP) is 5.81. The number of benzene rings is 3. The number of nitrogens with one attached hydrogen (secondary N) is 1. The first-order valence-electron chi connectivity index (χ1n) is 14.5. The van der Waals surface area contributed by atoms with Crippen molar-refractivity contribution in [3.8, 4) is 0 Å². The zero-order valence-electron chi connectivity index (χ0n) is 24.8. The molecule has 0 aliphatic heterocycles. The van der Waals surface area contributed by atoms with Gasteiger partial charge in [-0.3, -0.25) is 13.9 Å². The SMILES string of the molecule is Cc1ccc(S(=O)(=O)N(CC(=O)N(Cc2ccc(F)cc2)[C@@H](C)C(=O)NC2CCCCC2)c2cccc(C)c2C)cc1. The maximum absolute atomic E-state index is 14.1. The van der Waals surface area contributed by atoms with Gasteiger partial charge in [-0.05, 0) is 87.6 Å². The molecular weight excluding hydrogens is 553 g/mol. The molecule has 7 nitrogen and oxygen atoms in total. The Bertz CT molecular complexity index is 1500. The molecule has 0 aromatic heterocycles. The van der Waals surface area contributed by atoms with E-state index in [2.05, 4.69) is 5.32 Å². The molecule has 1 aliphatic carbocycles. The molecule has 1 aliphatic rings. The third-order valence-electron chi connectivity index (χ3n) is 8.12. The van der Waals surface area contributed by atoms with Crippen LogP contribution in [0.2, 0.25) is 0 Å². The lowest BCUT2D eigenvalue weighted by molar-refractivity contribution is -0.139. The molecule has 224 valence electrons. The first-order valence-corrected chi connectivity index (χ1v) is 15.9. The van der Waals surface area contributed by atoms with Crippen LogP contribution in [0.25, 0.3) is 0 Å². The molecule has 3 aromatic rings. The van der Waals surface area contributed by atoms with Gasteiger partial charge in [-0.1, -0.05) is 61.2 Å². The van der Waals surface area contributed by atoms with E-state index < -0.39 is 34.3 Å². The fourth-order valence-corrected chi connectivity index (χ4v) is 6.77. The summed E-state index contributed by atoms with van der Waals surface area (Å²) >= 11 is 0. The van der Waals surface area contributed by atoms with Crippen LogP contribution in [0.3, 0.4) is 0 Å². The molecule has 0 spiro atoms. The third-order valence-corrected chi connectivity index (χ3v) is 9.89. The van der Waals surface area contributed by atoms with Crippen molar-refractivity contribution in [2.45, 2.75) is 83.3 Å². The summed E-state index contributed by atoms with van der Waals surface area (Å²) in [4.78, 5) is 29.0. The zero-order chi connectivity index (χ0) is 30.4. The van der Waals surface area contributed by atoms with Gasteiger partial charge in [0.2, 0.25) is 11.8 Å². The molecule has 3 aromatic carbocycles. The Balaban J connectivity index is 1.70. The molecule has 9 heteroatoms. The highest BCUT2D eigenvalue weighted by Gasteiger charge is 2.34. The molecule has 4 rings (SSSR count). The Labute approximate surface area is 248 Å². The van der Waals surface area contributed by atoms with E-state index in [0.29, 0.717) is 11.3 Å². The van der Waals surface area contributed by atoms with Crippen molar-refractivity contribution in [1.29, 1.82) is 0 Å². The number of aryl methyl sites for hydroxylation is 2. The van der Waals surface area contributed by atoms with Crippen LogP contribution in [-0.2, 0) is 26.2 Å². The fraction of sp³-hybridized carbons (Fsp3) is 0.394. The number of sulfonamides is 1. The number of halogens is 1. The van der Waals surface area contributed by atoms with Crippen LogP contribution in [0, 0.1) is 26.6 Å². The van der Waals surface area contributed by atoms with Crippen molar-refractivity contribution >= 4 is 27.5 Å². The van der Waals surface area contributed by atoms with Crippen molar-refractivity contribution in [3.05, 3.63) is 94.8 Å². The smallest absolute Gasteiger partial charge is 0.264 e. The maximum Gasteiger partial charge on any atom is 0.264 e. The van der Waals surface area contributed by atoms with E-state index in [1.807, 2.05) is 26.8 Å². The summed E-state index contributed by atoms with van der Waals surface area (Å²) in [6.07, 6.45) is 5.00. The number of carbonyl (C=O) groups excluding carboxylic acids is 2. The number of hydrogen-bond acceptors (Lipinski definition) is 4. The van der Waals surface area contributed by atoms with E-state index in [-0.39, 0.29) is 23.4 Å². The molecule has 42 heavy (non-hydrogen) atoms. The van der Waals surface area contributed by atoms with Crippen molar-refractivity contribution in [2.24, 2.45) is 0 Å². The molecule has 0 bridgehead atoms. The van der Waals surface area contributed by atoms with Crippen molar-refractivity contribution in [3.63, 3.8) is 0 Å². The van der Waals surface area contributed by atoms with E-state index >= 15 is 0 Å². The lowest BCUT2D eigenvalue weighted by Gasteiger charge is -2.33. The Morgan fingerprint density at radius 2 is 1.57 bits per heavy atom. The van der Waals surface area contributed by atoms with Crippen LogP contribution >= 0.6 is 0 Å². The second-order valence-corrected chi connectivity index (χ2v) is 13.1. The number of carbonyl (C=O) groups is 2. The number of amides is 2. The summed E-state index contributed by atoms with van der Waals surface area (Å²) in [5.41, 5.74) is 3.54. The Hall–Kier alpha value is -3.72. The average molecular weight is 594 g/mol. The second kappa shape index (κ2) is 13.5. The molecule has 0 radical (unpaired) electrons. The van der Waals surface area contributed by atoms with Crippen molar-refractivity contribution in [1.82, 2.24) is 10.2 Å². The normalized spacial score (nSPS) is 14.7. The Morgan fingerprint density at radius 1 is 0.929 bits per heavy atom. The number of hydrogen-bond donors (Lipinski definition) is 1. The van der Waals surface area contributed by atoms with Gasteiger partial charge in [0.25, 0.3) is 10.0 Å². The maximum atomic E-state index is 14.1. The highest BCUT2D eigenvalue weighted by molar-refractivity contribution is 7.92. The van der Waals surface area contributed by atoms with Crippen LogP contribution in [0.4, 0.5) is 10.1 Å². The van der Waals surface area contributed by atoms with Gasteiger partial charge in [-0.25, -0.2) is 12.8 Å². The van der Waals surface area contributed by atoms with Crippen molar-refractivity contribution < 1.29 is 22.4 Å². The monoisotopic (exact) mass is 593 g/mol. The molecule has 1 atom stereocenters. The molecular formula is C33H40FN3O4S. The molecule has 0 heterocycles. The van der Waals surface area contributed by atoms with Crippen LogP contribution in [-0.4, -0.2) is 43.8 Å². The minimum absolute atomic E-state index is 0.0174. The average Bonchev–Trinajstić information content (AvgIpc) is 2.97.